The molecule has 0 saturated carbocycles. The zero-order valence-electron chi connectivity index (χ0n) is 12.0. The summed E-state index contributed by atoms with van der Waals surface area (Å²) in [5, 5.41) is 2.79. The monoisotopic (exact) mass is 301 g/mol. The summed E-state index contributed by atoms with van der Waals surface area (Å²) >= 11 is 0. The van der Waals surface area contributed by atoms with Gasteiger partial charge in [-0.2, -0.15) is 0 Å². The molecule has 0 atom stereocenters. The van der Waals surface area contributed by atoms with E-state index in [1.54, 1.807) is 0 Å². The number of benzene rings is 1. The van der Waals surface area contributed by atoms with E-state index in [2.05, 4.69) is 15.3 Å². The van der Waals surface area contributed by atoms with Crippen molar-refractivity contribution in [1.29, 1.82) is 0 Å². The minimum Gasteiger partial charge on any atom is -0.478 e. The van der Waals surface area contributed by atoms with Gasteiger partial charge in [0.05, 0.1) is 6.61 Å². The Hall–Kier alpha value is -2.83. The largest absolute Gasteiger partial charge is 0.478 e. The number of aromatic nitrogens is 2. The molecule has 22 heavy (non-hydrogen) atoms. The molecule has 1 aromatic carbocycles. The maximum absolute atomic E-state index is 12.1. The van der Waals surface area contributed by atoms with E-state index in [4.69, 9.17) is 14.2 Å². The first-order valence-electron chi connectivity index (χ1n) is 6.88. The van der Waals surface area contributed by atoms with Crippen molar-refractivity contribution in [2.45, 2.75) is 13.5 Å². The fraction of sp³-hybridized carbons (Fsp3) is 0.267. The van der Waals surface area contributed by atoms with Crippen LogP contribution in [0.4, 0.5) is 0 Å². The highest BCUT2D eigenvalue weighted by atomic mass is 16.7. The number of amides is 1. The molecule has 1 aliphatic rings. The van der Waals surface area contributed by atoms with Gasteiger partial charge in [-0.05, 0) is 24.6 Å². The highest BCUT2D eigenvalue weighted by Crippen LogP contribution is 2.32. The van der Waals surface area contributed by atoms with Crippen molar-refractivity contribution in [3.63, 3.8) is 0 Å². The molecule has 1 aromatic heterocycles. The lowest BCUT2D eigenvalue weighted by atomic mass is 10.2. The van der Waals surface area contributed by atoms with Crippen molar-refractivity contribution in [3.05, 3.63) is 41.9 Å². The lowest BCUT2D eigenvalue weighted by Crippen LogP contribution is -2.24. The molecule has 2 aromatic rings. The molecule has 7 nitrogen and oxygen atoms in total. The standard InChI is InChI=1S/C15H15N3O4/c1-2-20-14-6-11(17-8-18-14)15(19)16-7-10-3-4-12-13(5-10)22-9-21-12/h3-6,8H,2,7,9H2,1H3,(H,16,19). The number of hydrogen-bond donors (Lipinski definition) is 1. The first-order valence-corrected chi connectivity index (χ1v) is 6.88. The highest BCUT2D eigenvalue weighted by Gasteiger charge is 2.14. The van der Waals surface area contributed by atoms with Crippen LogP contribution in [0.25, 0.3) is 0 Å². The number of nitrogens with zero attached hydrogens (tertiary/aromatic N) is 2. The van der Waals surface area contributed by atoms with Gasteiger partial charge >= 0.3 is 0 Å². The van der Waals surface area contributed by atoms with Gasteiger partial charge in [0.15, 0.2) is 11.5 Å². The Morgan fingerprint density at radius 2 is 2.14 bits per heavy atom. The second kappa shape index (κ2) is 6.30. The fourth-order valence-corrected chi connectivity index (χ4v) is 2.01. The van der Waals surface area contributed by atoms with Crippen LogP contribution in [-0.2, 0) is 6.54 Å². The maximum Gasteiger partial charge on any atom is 0.270 e. The van der Waals surface area contributed by atoms with E-state index in [1.807, 2.05) is 25.1 Å². The molecule has 0 fully saturated rings. The highest BCUT2D eigenvalue weighted by molar-refractivity contribution is 5.92. The normalized spacial score (nSPS) is 12.0. The number of rotatable bonds is 5. The number of nitrogens with one attached hydrogen (secondary N) is 1. The summed E-state index contributed by atoms with van der Waals surface area (Å²) < 4.78 is 15.8. The van der Waals surface area contributed by atoms with Crippen molar-refractivity contribution >= 4 is 5.91 Å². The van der Waals surface area contributed by atoms with Crippen LogP contribution in [0, 0.1) is 0 Å². The van der Waals surface area contributed by atoms with Gasteiger partial charge in [-0.15, -0.1) is 0 Å². The first kappa shape index (κ1) is 14.1. The van der Waals surface area contributed by atoms with Gasteiger partial charge in [-0.1, -0.05) is 6.07 Å². The minimum absolute atomic E-state index is 0.228. The fourth-order valence-electron chi connectivity index (χ4n) is 2.01. The zero-order chi connectivity index (χ0) is 15.4. The molecule has 1 aliphatic heterocycles. The van der Waals surface area contributed by atoms with Crippen LogP contribution in [0.2, 0.25) is 0 Å². The summed E-state index contributed by atoms with van der Waals surface area (Å²) in [5.74, 6) is 1.49. The molecular formula is C15H15N3O4. The smallest absolute Gasteiger partial charge is 0.270 e. The predicted molar refractivity (Wildman–Crippen MR) is 76.9 cm³/mol. The SMILES string of the molecule is CCOc1cc(C(=O)NCc2ccc3c(c2)OCO3)ncn1. The van der Waals surface area contributed by atoms with Crippen molar-refractivity contribution in [3.8, 4) is 17.4 Å². The first-order chi connectivity index (χ1) is 10.8. The van der Waals surface area contributed by atoms with Crippen molar-refractivity contribution < 1.29 is 19.0 Å². The summed E-state index contributed by atoms with van der Waals surface area (Å²) in [5.41, 5.74) is 1.18. The molecule has 0 saturated heterocycles. The Labute approximate surface area is 127 Å². The Bertz CT molecular complexity index is 690. The topological polar surface area (TPSA) is 82.6 Å². The third kappa shape index (κ3) is 3.08. The van der Waals surface area contributed by atoms with Crippen LogP contribution in [-0.4, -0.2) is 29.3 Å². The lowest BCUT2D eigenvalue weighted by Gasteiger charge is -2.07. The lowest BCUT2D eigenvalue weighted by molar-refractivity contribution is 0.0945. The van der Waals surface area contributed by atoms with Gasteiger partial charge in [0.2, 0.25) is 12.7 Å². The van der Waals surface area contributed by atoms with Crippen LogP contribution in [0.15, 0.2) is 30.6 Å². The van der Waals surface area contributed by atoms with E-state index in [0.717, 1.165) is 5.56 Å². The average molecular weight is 301 g/mol. The number of fused-ring (bicyclic) bond motifs is 1. The van der Waals surface area contributed by atoms with Gasteiger partial charge in [0.25, 0.3) is 5.91 Å². The van der Waals surface area contributed by atoms with E-state index in [1.165, 1.54) is 12.4 Å². The molecule has 3 rings (SSSR count). The molecule has 7 heteroatoms. The Morgan fingerprint density at radius 3 is 3.00 bits per heavy atom. The quantitative estimate of drug-likeness (QED) is 0.902. The van der Waals surface area contributed by atoms with E-state index < -0.39 is 0 Å². The summed E-state index contributed by atoms with van der Waals surface area (Å²) in [4.78, 5) is 20.0. The van der Waals surface area contributed by atoms with Crippen LogP contribution >= 0.6 is 0 Å². The molecule has 0 aliphatic carbocycles. The Balaban J connectivity index is 1.63. The van der Waals surface area contributed by atoms with Gasteiger partial charge < -0.3 is 19.5 Å². The van der Waals surface area contributed by atoms with Gasteiger partial charge in [-0.3, -0.25) is 4.79 Å². The molecule has 1 N–H and O–H groups in total. The Kier molecular flexibility index (Phi) is 4.04. The van der Waals surface area contributed by atoms with Crippen molar-refractivity contribution in [2.75, 3.05) is 13.4 Å². The van der Waals surface area contributed by atoms with Gasteiger partial charge in [0, 0.05) is 12.6 Å². The molecule has 0 bridgehead atoms. The third-order valence-electron chi connectivity index (χ3n) is 3.06. The number of hydrogen-bond acceptors (Lipinski definition) is 6. The van der Waals surface area contributed by atoms with Gasteiger partial charge in [0.1, 0.15) is 12.0 Å². The minimum atomic E-state index is -0.291. The van der Waals surface area contributed by atoms with E-state index in [9.17, 15) is 4.79 Å². The molecule has 0 radical (unpaired) electrons. The van der Waals surface area contributed by atoms with Crippen molar-refractivity contribution in [1.82, 2.24) is 15.3 Å². The number of ether oxygens (including phenoxy) is 3. The van der Waals surface area contributed by atoms with E-state index in [0.29, 0.717) is 30.5 Å². The summed E-state index contributed by atoms with van der Waals surface area (Å²) in [6.45, 7) is 2.92. The summed E-state index contributed by atoms with van der Waals surface area (Å²) in [6.07, 6.45) is 1.31. The van der Waals surface area contributed by atoms with E-state index in [-0.39, 0.29) is 18.4 Å². The van der Waals surface area contributed by atoms with Gasteiger partial charge in [-0.25, -0.2) is 9.97 Å². The van der Waals surface area contributed by atoms with Crippen LogP contribution in [0.5, 0.6) is 17.4 Å². The maximum atomic E-state index is 12.1. The molecule has 114 valence electrons. The molecule has 0 unspecified atom stereocenters. The summed E-state index contributed by atoms with van der Waals surface area (Å²) in [7, 11) is 0. The molecular weight excluding hydrogens is 286 g/mol. The van der Waals surface area contributed by atoms with Crippen molar-refractivity contribution in [2.24, 2.45) is 0 Å². The second-order valence-electron chi connectivity index (χ2n) is 4.54. The summed E-state index contributed by atoms with van der Waals surface area (Å²) in [6, 6.07) is 7.05. The number of carbonyl (C=O) groups is 1. The number of carbonyl (C=O) groups excluding carboxylic acids is 1. The average Bonchev–Trinajstić information content (AvgIpc) is 3.01. The predicted octanol–water partition coefficient (Wildman–Crippen LogP) is 1.53. The van der Waals surface area contributed by atoms with Crippen LogP contribution in [0.1, 0.15) is 23.0 Å². The third-order valence-corrected chi connectivity index (χ3v) is 3.06. The van der Waals surface area contributed by atoms with Crippen LogP contribution < -0.4 is 19.5 Å². The van der Waals surface area contributed by atoms with E-state index >= 15 is 0 Å². The molecule has 2 heterocycles. The molecule has 0 spiro atoms. The Morgan fingerprint density at radius 1 is 1.27 bits per heavy atom. The van der Waals surface area contributed by atoms with Crippen LogP contribution in [0.3, 0.4) is 0 Å². The zero-order valence-corrected chi connectivity index (χ0v) is 12.0. The molecule has 1 amide bonds. The second-order valence-corrected chi connectivity index (χ2v) is 4.54.